The van der Waals surface area contributed by atoms with E-state index in [0.717, 1.165) is 29.7 Å². The van der Waals surface area contributed by atoms with Crippen molar-refractivity contribution in [1.29, 1.82) is 0 Å². The second-order valence-corrected chi connectivity index (χ2v) is 12.6. The molecule has 1 fully saturated rings. The first-order valence-corrected chi connectivity index (χ1v) is 17.9. The van der Waals surface area contributed by atoms with Gasteiger partial charge < -0.3 is 23.7 Å². The molecule has 0 bridgehead atoms. The van der Waals surface area contributed by atoms with E-state index in [4.69, 9.17) is 23.7 Å². The number of benzene rings is 3. The fourth-order valence-corrected chi connectivity index (χ4v) is 5.66. The van der Waals surface area contributed by atoms with Crippen molar-refractivity contribution in [1.82, 2.24) is 0 Å². The largest absolute Gasteiger partial charge is 0.494 e. The topological polar surface area (TPSA) is 80.3 Å². The van der Waals surface area contributed by atoms with Crippen molar-refractivity contribution in [3.63, 3.8) is 0 Å². The van der Waals surface area contributed by atoms with E-state index in [-0.39, 0.29) is 24.2 Å². The molecule has 0 aromatic heterocycles. The molecule has 7 nitrogen and oxygen atoms in total. The normalized spacial score (nSPS) is 17.7. The Bertz CT molecular complexity index is 1440. The van der Waals surface area contributed by atoms with Gasteiger partial charge in [0.25, 0.3) is 0 Å². The molecule has 0 unspecified atom stereocenters. The molecule has 1 aliphatic heterocycles. The third kappa shape index (κ3) is 12.5. The van der Waals surface area contributed by atoms with E-state index in [0.29, 0.717) is 25.2 Å². The van der Waals surface area contributed by atoms with Gasteiger partial charge in [-0.2, -0.15) is 13.2 Å². The number of esters is 2. The highest BCUT2D eigenvalue weighted by atomic mass is 19.4. The number of carbonyl (C=O) groups is 2. The van der Waals surface area contributed by atoms with Crippen LogP contribution in [0, 0.1) is 0 Å². The quantitative estimate of drug-likeness (QED) is 0.0700. The molecule has 272 valence electrons. The fraction of sp³-hybridized carbons (Fsp3) is 0.500. The van der Waals surface area contributed by atoms with Gasteiger partial charge in [0.2, 0.25) is 0 Å². The van der Waals surface area contributed by atoms with Gasteiger partial charge in [0.05, 0.1) is 17.7 Å². The minimum Gasteiger partial charge on any atom is -0.494 e. The van der Waals surface area contributed by atoms with Crippen LogP contribution in [0.1, 0.15) is 112 Å². The Morgan fingerprint density at radius 3 is 1.82 bits per heavy atom. The summed E-state index contributed by atoms with van der Waals surface area (Å²) in [7, 11) is 0. The van der Waals surface area contributed by atoms with Gasteiger partial charge in [-0.05, 0) is 78.9 Å². The molecule has 0 N–H and O–H groups in total. The molecule has 4 rings (SSSR count). The summed E-state index contributed by atoms with van der Waals surface area (Å²) in [5.41, 5.74) is 2.25. The molecule has 3 aromatic carbocycles. The molecule has 0 spiro atoms. The number of rotatable bonds is 19. The first-order chi connectivity index (χ1) is 24.2. The summed E-state index contributed by atoms with van der Waals surface area (Å²) in [6.07, 6.45) is 2.14. The van der Waals surface area contributed by atoms with E-state index in [1.54, 1.807) is 12.1 Å². The molecule has 1 heterocycles. The van der Waals surface area contributed by atoms with Gasteiger partial charge in [-0.3, -0.25) is 0 Å². The van der Waals surface area contributed by atoms with Crippen molar-refractivity contribution in [3.8, 4) is 22.6 Å². The van der Waals surface area contributed by atoms with Crippen LogP contribution in [0.5, 0.6) is 11.5 Å². The van der Waals surface area contributed by atoms with Crippen molar-refractivity contribution < 1.29 is 46.4 Å². The van der Waals surface area contributed by atoms with E-state index in [9.17, 15) is 22.8 Å². The van der Waals surface area contributed by atoms with Gasteiger partial charge in [-0.1, -0.05) is 89.5 Å². The van der Waals surface area contributed by atoms with Crippen molar-refractivity contribution in [2.24, 2.45) is 0 Å². The second kappa shape index (κ2) is 20.1. The molecule has 0 amide bonds. The van der Waals surface area contributed by atoms with Gasteiger partial charge in [0.15, 0.2) is 12.4 Å². The number of unbranched alkanes of at least 4 members (excludes halogenated alkanes) is 8. The number of carbonyl (C=O) groups excluding carboxylic acids is 2. The lowest BCUT2D eigenvalue weighted by Crippen LogP contribution is -2.50. The Labute approximate surface area is 293 Å². The fourth-order valence-electron chi connectivity index (χ4n) is 5.66. The Morgan fingerprint density at radius 1 is 0.660 bits per heavy atom. The SMILES string of the molecule is CCCCCCCCCCOc1ccc(-c2ccc(C(=O)Oc3ccc(C(=O)O[C@@H]4CC[C@H](OCCCC)O[C@H]4C(F)(F)F)cc3)cc2)cc1. The summed E-state index contributed by atoms with van der Waals surface area (Å²) in [5, 5.41) is 0. The van der Waals surface area contributed by atoms with Crippen molar-refractivity contribution >= 4 is 11.9 Å². The zero-order valence-electron chi connectivity index (χ0n) is 29.1. The molecule has 0 saturated carbocycles. The minimum atomic E-state index is -4.74. The molecule has 10 heteroatoms. The minimum absolute atomic E-state index is 0.0148. The lowest BCUT2D eigenvalue weighted by molar-refractivity contribution is -0.311. The third-order valence-electron chi connectivity index (χ3n) is 8.58. The molecule has 1 aliphatic rings. The molecular weight excluding hydrogens is 649 g/mol. The lowest BCUT2D eigenvalue weighted by atomic mass is 10.0. The standard InChI is InChI=1S/C40H49F3O7/c1-3-5-7-8-9-10-11-12-28-46-33-21-17-30(18-22-33)29-13-15-31(16-14-29)38(44)48-34-23-19-32(20-24-34)39(45)49-35-25-26-36(47-27-6-4-2)50-37(35)40(41,42)43/h13-24,35-37H,3-12,25-28H2,1-2H3/t35-,36-,37-/m1/s1. The van der Waals surface area contributed by atoms with Crippen LogP contribution in [0.2, 0.25) is 0 Å². The summed E-state index contributed by atoms with van der Waals surface area (Å²) in [6, 6.07) is 20.3. The molecule has 3 atom stereocenters. The third-order valence-corrected chi connectivity index (χ3v) is 8.58. The van der Waals surface area contributed by atoms with Crippen LogP contribution in [0.4, 0.5) is 13.2 Å². The van der Waals surface area contributed by atoms with Crippen LogP contribution in [-0.4, -0.2) is 49.8 Å². The summed E-state index contributed by atoms with van der Waals surface area (Å²) in [6.45, 7) is 5.17. The van der Waals surface area contributed by atoms with Crippen molar-refractivity contribution in [2.75, 3.05) is 13.2 Å². The van der Waals surface area contributed by atoms with Gasteiger partial charge in [0, 0.05) is 13.0 Å². The van der Waals surface area contributed by atoms with E-state index in [2.05, 4.69) is 6.92 Å². The number of hydrogen-bond acceptors (Lipinski definition) is 7. The highest BCUT2D eigenvalue weighted by molar-refractivity contribution is 5.92. The maximum Gasteiger partial charge on any atom is 0.418 e. The van der Waals surface area contributed by atoms with Crippen LogP contribution in [0.15, 0.2) is 72.8 Å². The van der Waals surface area contributed by atoms with E-state index < -0.39 is 36.6 Å². The van der Waals surface area contributed by atoms with Crippen LogP contribution in [-0.2, 0) is 14.2 Å². The van der Waals surface area contributed by atoms with Crippen molar-refractivity contribution in [2.45, 2.75) is 116 Å². The first kappa shape index (κ1) is 38.9. The van der Waals surface area contributed by atoms with Crippen LogP contribution >= 0.6 is 0 Å². The summed E-state index contributed by atoms with van der Waals surface area (Å²) < 4.78 is 68.3. The number of halogens is 3. The predicted molar refractivity (Wildman–Crippen MR) is 185 cm³/mol. The molecule has 50 heavy (non-hydrogen) atoms. The zero-order chi connectivity index (χ0) is 35.8. The Balaban J connectivity index is 1.22. The van der Waals surface area contributed by atoms with Gasteiger partial charge in [0.1, 0.15) is 17.6 Å². The maximum atomic E-state index is 13.7. The summed E-state index contributed by atoms with van der Waals surface area (Å²) in [5.74, 6) is -0.542. The van der Waals surface area contributed by atoms with Crippen molar-refractivity contribution in [3.05, 3.63) is 83.9 Å². The highest BCUT2D eigenvalue weighted by Crippen LogP contribution is 2.35. The zero-order valence-corrected chi connectivity index (χ0v) is 29.1. The first-order valence-electron chi connectivity index (χ1n) is 17.9. The Kier molecular flexibility index (Phi) is 15.6. The van der Waals surface area contributed by atoms with Crippen LogP contribution in [0.3, 0.4) is 0 Å². The van der Waals surface area contributed by atoms with Crippen LogP contribution in [0.25, 0.3) is 11.1 Å². The predicted octanol–water partition coefficient (Wildman–Crippen LogP) is 10.5. The molecule has 1 saturated heterocycles. The van der Waals surface area contributed by atoms with Gasteiger partial charge in [-0.25, -0.2) is 9.59 Å². The highest BCUT2D eigenvalue weighted by Gasteiger charge is 2.51. The van der Waals surface area contributed by atoms with Crippen LogP contribution < -0.4 is 9.47 Å². The molecule has 3 aromatic rings. The van der Waals surface area contributed by atoms with E-state index in [1.807, 2.05) is 43.3 Å². The maximum absolute atomic E-state index is 13.7. The number of hydrogen-bond donors (Lipinski definition) is 0. The number of alkyl halides is 3. The smallest absolute Gasteiger partial charge is 0.418 e. The lowest BCUT2D eigenvalue weighted by Gasteiger charge is -2.36. The van der Waals surface area contributed by atoms with Gasteiger partial charge in [-0.15, -0.1) is 0 Å². The molecule has 0 aliphatic carbocycles. The Morgan fingerprint density at radius 2 is 1.20 bits per heavy atom. The van der Waals surface area contributed by atoms with E-state index in [1.165, 1.54) is 69.2 Å². The Hall–Kier alpha value is -3.89. The average molecular weight is 699 g/mol. The summed E-state index contributed by atoms with van der Waals surface area (Å²) in [4.78, 5) is 25.5. The van der Waals surface area contributed by atoms with Gasteiger partial charge >= 0.3 is 18.1 Å². The summed E-state index contributed by atoms with van der Waals surface area (Å²) >= 11 is 0. The second-order valence-electron chi connectivity index (χ2n) is 12.6. The molecular formula is C40H49F3O7. The number of ether oxygens (including phenoxy) is 5. The molecule has 0 radical (unpaired) electrons. The monoisotopic (exact) mass is 698 g/mol. The average Bonchev–Trinajstić information content (AvgIpc) is 3.12. The van der Waals surface area contributed by atoms with E-state index >= 15 is 0 Å².